The molecule has 0 radical (unpaired) electrons. The molecule has 3 aromatic carbocycles. The smallest absolute Gasteiger partial charge is 0.295 e. The zero-order chi connectivity index (χ0) is 34.7. The average molecular weight is 751 g/mol. The molecule has 12 nitrogen and oxygen atoms in total. The number of sulfone groups is 2. The highest BCUT2D eigenvalue weighted by atomic mass is 35.5. The van der Waals surface area contributed by atoms with Crippen LogP contribution in [0.4, 0.5) is 11.4 Å². The number of aliphatic hydroxyl groups is 2. The summed E-state index contributed by atoms with van der Waals surface area (Å²) in [6.45, 7) is 1.43. The van der Waals surface area contributed by atoms with Gasteiger partial charge in [0.2, 0.25) is 11.0 Å². The minimum absolute atomic E-state index is 0. The van der Waals surface area contributed by atoms with Crippen LogP contribution in [0.25, 0.3) is 33.4 Å². The molecule has 0 atom stereocenters. The molecule has 0 amide bonds. The molecule has 2 aliphatic rings. The lowest BCUT2D eigenvalue weighted by atomic mass is 9.93. The molecular formula is C33H35ClN2O10S3. The molecular weight excluding hydrogens is 716 g/mol. The first-order chi connectivity index (χ1) is 22.8. The molecule has 49 heavy (non-hydrogen) atoms. The summed E-state index contributed by atoms with van der Waals surface area (Å²) >= 11 is 0. The predicted octanol–water partition coefficient (Wildman–Crippen LogP) is 0.164. The van der Waals surface area contributed by atoms with Crippen LogP contribution in [0.15, 0.2) is 99.1 Å². The van der Waals surface area contributed by atoms with Gasteiger partial charge in [0.05, 0.1) is 41.4 Å². The molecule has 4 N–H and O–H groups in total. The second-order valence-corrected chi connectivity index (χ2v) is 16.7. The maximum atomic E-state index is 12.7. The zero-order valence-electron chi connectivity index (χ0n) is 26.3. The number of nitrogens with one attached hydrogen (secondary N) is 1. The van der Waals surface area contributed by atoms with Gasteiger partial charge in [0.25, 0.3) is 10.1 Å². The third kappa shape index (κ3) is 8.49. The fourth-order valence-electron chi connectivity index (χ4n) is 5.53. The second-order valence-electron chi connectivity index (χ2n) is 10.9. The third-order valence-electron chi connectivity index (χ3n) is 7.76. The zero-order valence-corrected chi connectivity index (χ0v) is 29.5. The molecule has 1 aliphatic heterocycles. The summed E-state index contributed by atoms with van der Waals surface area (Å²) in [5.41, 5.74) is 2.70. The number of rotatable bonds is 13. The number of hydrogen-bond donors (Lipinski definition) is 4. The number of aliphatic hydroxyl groups excluding tert-OH is 2. The molecule has 0 saturated carbocycles. The van der Waals surface area contributed by atoms with Crippen LogP contribution in [0.5, 0.6) is 0 Å². The Morgan fingerprint density at radius 3 is 2.20 bits per heavy atom. The van der Waals surface area contributed by atoms with Crippen molar-refractivity contribution in [3.8, 4) is 22.5 Å². The lowest BCUT2D eigenvalue weighted by Gasteiger charge is -2.17. The molecule has 0 saturated heterocycles. The summed E-state index contributed by atoms with van der Waals surface area (Å²) < 4.78 is 92.8. The average Bonchev–Trinajstić information content (AvgIpc) is 3.03. The van der Waals surface area contributed by atoms with E-state index in [0.717, 1.165) is 0 Å². The van der Waals surface area contributed by atoms with Gasteiger partial charge in [0, 0.05) is 58.6 Å². The van der Waals surface area contributed by atoms with Crippen molar-refractivity contribution in [1.29, 1.82) is 0 Å². The first kappa shape index (κ1) is 38.0. The Morgan fingerprint density at radius 2 is 1.51 bits per heavy atom. The second kappa shape index (κ2) is 15.4. The Balaban J connectivity index is 0.00000541. The van der Waals surface area contributed by atoms with Gasteiger partial charge < -0.3 is 32.4 Å². The number of nitrogens with zero attached hydrogens (tertiary/aromatic N) is 1. The number of benzene rings is 4. The van der Waals surface area contributed by atoms with E-state index in [2.05, 4.69) is 5.32 Å². The Kier molecular flexibility index (Phi) is 11.9. The first-order valence-corrected chi connectivity index (χ1v) is 19.9. The number of fused-ring (bicyclic) bond motifs is 2. The summed E-state index contributed by atoms with van der Waals surface area (Å²) in [4.78, 5) is -0.229. The fourth-order valence-corrected chi connectivity index (χ4v) is 8.19. The Labute approximate surface area is 290 Å². The van der Waals surface area contributed by atoms with Crippen molar-refractivity contribution in [3.05, 3.63) is 90.3 Å². The minimum atomic E-state index is -4.63. The Morgan fingerprint density at radius 1 is 0.776 bits per heavy atom. The van der Waals surface area contributed by atoms with Gasteiger partial charge in [-0.1, -0.05) is 24.3 Å². The molecule has 0 aromatic heterocycles. The van der Waals surface area contributed by atoms with E-state index >= 15 is 0 Å². The Hall–Kier alpha value is -3.83. The Bertz CT molecular complexity index is 2360. The lowest BCUT2D eigenvalue weighted by molar-refractivity contribution is -0.0000214. The monoisotopic (exact) mass is 750 g/mol. The fraction of sp³-hybridized carbons (Fsp3) is 0.242. The SMILES string of the molecule is CC[N+](c1cccc(S(=O)(=O)CCO)c1)=c1ccc2c(-c3ccccc3S(=O)(=O)O)c3ccc(NCCS(=O)(=O)CCO)cc3oc-2c1.[Cl-]. The van der Waals surface area contributed by atoms with E-state index < -0.39 is 48.8 Å². The molecule has 0 unspecified atom stereocenters. The van der Waals surface area contributed by atoms with E-state index in [0.29, 0.717) is 51.1 Å². The van der Waals surface area contributed by atoms with Crippen molar-refractivity contribution < 1.29 is 56.8 Å². The van der Waals surface area contributed by atoms with Gasteiger partial charge in [-0.2, -0.15) is 13.0 Å². The van der Waals surface area contributed by atoms with E-state index in [1.165, 1.54) is 24.3 Å². The van der Waals surface area contributed by atoms with E-state index in [4.69, 9.17) is 9.52 Å². The van der Waals surface area contributed by atoms with Crippen molar-refractivity contribution in [3.63, 3.8) is 0 Å². The lowest BCUT2D eigenvalue weighted by Crippen LogP contribution is -3.00. The first-order valence-electron chi connectivity index (χ1n) is 14.9. The molecule has 262 valence electrons. The predicted molar refractivity (Wildman–Crippen MR) is 183 cm³/mol. The molecule has 3 aromatic rings. The van der Waals surface area contributed by atoms with Crippen molar-refractivity contribution in [2.24, 2.45) is 0 Å². The van der Waals surface area contributed by atoms with Gasteiger partial charge in [-0.25, -0.2) is 16.8 Å². The highest BCUT2D eigenvalue weighted by molar-refractivity contribution is 7.91. The van der Waals surface area contributed by atoms with E-state index in [9.17, 15) is 34.9 Å². The summed E-state index contributed by atoms with van der Waals surface area (Å²) in [5, 5.41) is 22.5. The standard InChI is InChI=1S/C33H34N2O10S3.ClH/c1-2-35(24-6-5-7-26(21-24)47(40,41)19-16-37)25-11-13-28-31(22-25)45-30-20-23(34-14-17-46(38,39)18-15-36)10-12-27(30)33(28)29-8-3-4-9-32(29)48(42,43)44;/h3-13,20-22,36-37H,2,14-19H2,1H3,(H,42,43,44);1H. The highest BCUT2D eigenvalue weighted by Crippen LogP contribution is 2.42. The van der Waals surface area contributed by atoms with Gasteiger partial charge in [0.15, 0.2) is 19.7 Å². The van der Waals surface area contributed by atoms with Crippen LogP contribution in [0.1, 0.15) is 6.92 Å². The summed E-state index contributed by atoms with van der Waals surface area (Å²) in [5.74, 6) is -0.602. The van der Waals surface area contributed by atoms with Crippen molar-refractivity contribution in [2.45, 2.75) is 16.7 Å². The van der Waals surface area contributed by atoms with Crippen LogP contribution in [0.3, 0.4) is 0 Å². The topological polar surface area (TPSA) is 191 Å². The van der Waals surface area contributed by atoms with Crippen LogP contribution in [0, 0.1) is 0 Å². The third-order valence-corrected chi connectivity index (χ3v) is 12.0. The van der Waals surface area contributed by atoms with Gasteiger partial charge in [-0.05, 0) is 37.3 Å². The number of halogens is 1. The van der Waals surface area contributed by atoms with Gasteiger partial charge in [0.1, 0.15) is 22.8 Å². The van der Waals surface area contributed by atoms with E-state index in [-0.39, 0.29) is 45.8 Å². The van der Waals surface area contributed by atoms with Gasteiger partial charge >= 0.3 is 0 Å². The van der Waals surface area contributed by atoms with Crippen LogP contribution in [0.2, 0.25) is 0 Å². The molecule has 5 rings (SSSR count). The quantitative estimate of drug-likeness (QED) is 0.0729. The van der Waals surface area contributed by atoms with Crippen LogP contribution < -0.4 is 27.7 Å². The number of hydrogen-bond acceptors (Lipinski definition) is 10. The summed E-state index contributed by atoms with van der Waals surface area (Å²) in [6.07, 6.45) is 0. The van der Waals surface area contributed by atoms with Gasteiger partial charge in [-0.15, -0.1) is 0 Å². The molecule has 0 bridgehead atoms. The maximum absolute atomic E-state index is 12.7. The molecule has 1 aliphatic carbocycles. The number of anilines is 1. The molecule has 0 spiro atoms. The largest absolute Gasteiger partial charge is 1.00 e. The van der Waals surface area contributed by atoms with Crippen molar-refractivity contribution in [2.75, 3.05) is 48.9 Å². The van der Waals surface area contributed by atoms with E-state index in [1.807, 2.05) is 11.5 Å². The summed E-state index contributed by atoms with van der Waals surface area (Å²) in [7, 11) is -11.8. The molecule has 0 fully saturated rings. The van der Waals surface area contributed by atoms with Crippen molar-refractivity contribution in [1.82, 2.24) is 4.58 Å². The maximum Gasteiger partial charge on any atom is 0.295 e. The van der Waals surface area contributed by atoms with Gasteiger partial charge in [-0.3, -0.25) is 4.55 Å². The van der Waals surface area contributed by atoms with Crippen LogP contribution in [-0.2, 0) is 29.8 Å². The highest BCUT2D eigenvalue weighted by Gasteiger charge is 2.25. The minimum Gasteiger partial charge on any atom is -1.00 e. The van der Waals surface area contributed by atoms with Crippen LogP contribution in [-0.4, -0.2) is 83.6 Å². The van der Waals surface area contributed by atoms with E-state index in [1.54, 1.807) is 60.7 Å². The van der Waals surface area contributed by atoms with Crippen molar-refractivity contribution >= 4 is 52.1 Å². The summed E-state index contributed by atoms with van der Waals surface area (Å²) in [6, 6.07) is 22.8. The normalized spacial score (nSPS) is 12.9. The molecule has 1 heterocycles. The van der Waals surface area contributed by atoms with Crippen LogP contribution >= 0.6 is 0 Å². The molecule has 16 heteroatoms.